The molecule has 0 unspecified atom stereocenters. The van der Waals surface area contributed by atoms with Gasteiger partial charge in [-0.2, -0.15) is 0 Å². The predicted molar refractivity (Wildman–Crippen MR) is 85.8 cm³/mol. The minimum Gasteiger partial charge on any atom is -0.497 e. The van der Waals surface area contributed by atoms with Gasteiger partial charge >= 0.3 is 0 Å². The van der Waals surface area contributed by atoms with Gasteiger partial charge in [-0.05, 0) is 36.6 Å². The Morgan fingerprint density at radius 3 is 2.41 bits per heavy atom. The van der Waals surface area contributed by atoms with Crippen molar-refractivity contribution in [3.05, 3.63) is 23.8 Å². The second kappa shape index (κ2) is 7.30. The van der Waals surface area contributed by atoms with E-state index in [0.29, 0.717) is 12.5 Å². The molecule has 22 heavy (non-hydrogen) atoms. The normalized spacial score (nSPS) is 19.3. The molecule has 1 heterocycles. The molecule has 0 saturated carbocycles. The molecule has 2 rings (SSSR count). The molecule has 0 radical (unpaired) electrons. The lowest BCUT2D eigenvalue weighted by Crippen LogP contribution is -2.30. The van der Waals surface area contributed by atoms with Crippen molar-refractivity contribution in [1.29, 1.82) is 0 Å². The van der Waals surface area contributed by atoms with Crippen molar-refractivity contribution < 1.29 is 17.9 Å². The van der Waals surface area contributed by atoms with Crippen LogP contribution in [0.3, 0.4) is 0 Å². The maximum Gasteiger partial charge on any atom is 0.208 e. The molecule has 0 bridgehead atoms. The first kappa shape index (κ1) is 17.1. The van der Waals surface area contributed by atoms with Crippen LogP contribution in [0.5, 0.6) is 11.5 Å². The number of methoxy groups -OCH3 is 2. The summed E-state index contributed by atoms with van der Waals surface area (Å²) in [5, 5.41) is 0. The van der Waals surface area contributed by atoms with Crippen LogP contribution in [-0.2, 0) is 16.6 Å². The van der Waals surface area contributed by atoms with Crippen molar-refractivity contribution >= 4 is 10.0 Å². The van der Waals surface area contributed by atoms with E-state index in [1.165, 1.54) is 6.26 Å². The third-order valence-electron chi connectivity index (χ3n) is 3.82. The zero-order valence-corrected chi connectivity index (χ0v) is 14.1. The monoisotopic (exact) mass is 328 g/mol. The maximum atomic E-state index is 11.1. The largest absolute Gasteiger partial charge is 0.497 e. The number of ether oxygens (including phenoxy) is 2. The molecule has 1 aromatic carbocycles. The highest BCUT2D eigenvalue weighted by Crippen LogP contribution is 2.25. The van der Waals surface area contributed by atoms with Crippen LogP contribution in [-0.4, -0.2) is 53.4 Å². The molecule has 1 fully saturated rings. The summed E-state index contributed by atoms with van der Waals surface area (Å²) in [6.07, 6.45) is 2.20. The molecule has 1 saturated heterocycles. The van der Waals surface area contributed by atoms with Crippen LogP contribution in [0.25, 0.3) is 0 Å². The van der Waals surface area contributed by atoms with E-state index in [-0.39, 0.29) is 0 Å². The van der Waals surface area contributed by atoms with E-state index >= 15 is 0 Å². The summed E-state index contributed by atoms with van der Waals surface area (Å²) in [6, 6.07) is 5.86. The van der Waals surface area contributed by atoms with Crippen molar-refractivity contribution in [3.8, 4) is 11.5 Å². The zero-order chi connectivity index (χ0) is 16.2. The average Bonchev–Trinajstić information content (AvgIpc) is 2.91. The van der Waals surface area contributed by atoms with Crippen LogP contribution < -0.4 is 14.2 Å². The SMILES string of the molecule is COc1cc(CN2CC[C@@H](CNS(C)(=O)=O)C2)cc(OC)c1. The minimum atomic E-state index is -3.11. The van der Waals surface area contributed by atoms with E-state index in [4.69, 9.17) is 9.47 Å². The van der Waals surface area contributed by atoms with E-state index in [2.05, 4.69) is 9.62 Å². The molecule has 1 atom stereocenters. The summed E-state index contributed by atoms with van der Waals surface area (Å²) < 4.78 is 35.5. The lowest BCUT2D eigenvalue weighted by molar-refractivity contribution is 0.314. The highest BCUT2D eigenvalue weighted by atomic mass is 32.2. The Kier molecular flexibility index (Phi) is 5.66. The lowest BCUT2D eigenvalue weighted by atomic mass is 10.1. The second-order valence-corrected chi connectivity index (χ2v) is 7.56. The molecule has 1 aromatic rings. The van der Waals surface area contributed by atoms with Crippen LogP contribution in [0.4, 0.5) is 0 Å². The molecule has 124 valence electrons. The number of likely N-dealkylation sites (tertiary alicyclic amines) is 1. The Labute approximate surface area is 132 Å². The van der Waals surface area contributed by atoms with Gasteiger partial charge in [0, 0.05) is 25.7 Å². The smallest absolute Gasteiger partial charge is 0.208 e. The Morgan fingerprint density at radius 2 is 1.86 bits per heavy atom. The highest BCUT2D eigenvalue weighted by molar-refractivity contribution is 7.88. The molecule has 7 heteroatoms. The summed E-state index contributed by atoms with van der Waals surface area (Å²) in [5.41, 5.74) is 1.13. The van der Waals surface area contributed by atoms with Crippen molar-refractivity contribution in [3.63, 3.8) is 0 Å². The standard InChI is InChI=1S/C15H24N2O4S/c1-20-14-6-13(7-15(8-14)21-2)11-17-5-4-12(10-17)9-16-22(3,18)19/h6-8,12,16H,4-5,9-11H2,1-3H3/t12-/m0/s1. The fourth-order valence-corrected chi connectivity index (χ4v) is 3.25. The van der Waals surface area contributed by atoms with E-state index in [1.54, 1.807) is 14.2 Å². The van der Waals surface area contributed by atoms with Gasteiger partial charge in [-0.15, -0.1) is 0 Å². The first-order valence-electron chi connectivity index (χ1n) is 7.28. The van der Waals surface area contributed by atoms with Gasteiger partial charge in [0.1, 0.15) is 11.5 Å². The van der Waals surface area contributed by atoms with E-state index in [0.717, 1.165) is 43.1 Å². The Bertz CT molecular complexity index is 581. The summed E-state index contributed by atoms with van der Waals surface area (Å²) >= 11 is 0. The lowest BCUT2D eigenvalue weighted by Gasteiger charge is -2.17. The summed E-state index contributed by atoms with van der Waals surface area (Å²) in [4.78, 5) is 2.32. The van der Waals surface area contributed by atoms with Crippen LogP contribution in [0.15, 0.2) is 18.2 Å². The maximum absolute atomic E-state index is 11.1. The summed E-state index contributed by atoms with van der Waals surface area (Å²) in [7, 11) is 0.173. The molecule has 1 N–H and O–H groups in total. The Hall–Kier alpha value is -1.31. The number of nitrogens with one attached hydrogen (secondary N) is 1. The van der Waals surface area contributed by atoms with E-state index < -0.39 is 10.0 Å². The third-order valence-corrected chi connectivity index (χ3v) is 4.51. The number of benzene rings is 1. The predicted octanol–water partition coefficient (Wildman–Crippen LogP) is 1.07. The highest BCUT2D eigenvalue weighted by Gasteiger charge is 2.23. The Balaban J connectivity index is 1.92. The molecule has 1 aliphatic rings. The number of hydrogen-bond acceptors (Lipinski definition) is 5. The minimum absolute atomic E-state index is 0.363. The van der Waals surface area contributed by atoms with Gasteiger partial charge < -0.3 is 9.47 Å². The van der Waals surface area contributed by atoms with Gasteiger partial charge in [-0.1, -0.05) is 0 Å². The third kappa shape index (κ3) is 5.15. The fraction of sp³-hybridized carbons (Fsp3) is 0.600. The van der Waals surface area contributed by atoms with Gasteiger partial charge in [-0.3, -0.25) is 4.90 Å². The molecular formula is C15H24N2O4S. The fourth-order valence-electron chi connectivity index (χ4n) is 2.71. The van der Waals surface area contributed by atoms with Crippen molar-refractivity contribution in [2.45, 2.75) is 13.0 Å². The molecule has 0 spiro atoms. The van der Waals surface area contributed by atoms with Crippen LogP contribution in [0, 0.1) is 5.92 Å². The first-order chi connectivity index (χ1) is 10.4. The van der Waals surface area contributed by atoms with Crippen molar-refractivity contribution in [1.82, 2.24) is 9.62 Å². The van der Waals surface area contributed by atoms with Gasteiger partial charge in [0.05, 0.1) is 20.5 Å². The summed E-state index contributed by atoms with van der Waals surface area (Å²) in [5.74, 6) is 1.93. The molecular weight excluding hydrogens is 304 g/mol. The number of nitrogens with zero attached hydrogens (tertiary/aromatic N) is 1. The molecule has 0 aliphatic carbocycles. The quantitative estimate of drug-likeness (QED) is 0.811. The average molecular weight is 328 g/mol. The molecule has 0 aromatic heterocycles. The molecule has 1 aliphatic heterocycles. The van der Waals surface area contributed by atoms with Gasteiger partial charge in [0.15, 0.2) is 0 Å². The van der Waals surface area contributed by atoms with Crippen LogP contribution >= 0.6 is 0 Å². The molecule has 0 amide bonds. The van der Waals surface area contributed by atoms with Crippen molar-refractivity contribution in [2.75, 3.05) is 40.1 Å². The first-order valence-corrected chi connectivity index (χ1v) is 9.17. The topological polar surface area (TPSA) is 67.9 Å². The summed E-state index contributed by atoms with van der Waals surface area (Å²) in [6.45, 7) is 3.18. The number of rotatable bonds is 7. The molecule has 6 nitrogen and oxygen atoms in total. The van der Waals surface area contributed by atoms with E-state index in [1.807, 2.05) is 18.2 Å². The zero-order valence-electron chi connectivity index (χ0n) is 13.3. The van der Waals surface area contributed by atoms with Crippen LogP contribution in [0.1, 0.15) is 12.0 Å². The number of hydrogen-bond donors (Lipinski definition) is 1. The van der Waals surface area contributed by atoms with Gasteiger partial charge in [0.2, 0.25) is 10.0 Å². The Morgan fingerprint density at radius 1 is 1.23 bits per heavy atom. The van der Waals surface area contributed by atoms with Gasteiger partial charge in [-0.25, -0.2) is 13.1 Å². The van der Waals surface area contributed by atoms with Crippen molar-refractivity contribution in [2.24, 2.45) is 5.92 Å². The number of sulfonamides is 1. The second-order valence-electron chi connectivity index (χ2n) is 5.73. The van der Waals surface area contributed by atoms with Crippen LogP contribution in [0.2, 0.25) is 0 Å². The van der Waals surface area contributed by atoms with Gasteiger partial charge in [0.25, 0.3) is 0 Å². The van der Waals surface area contributed by atoms with E-state index in [9.17, 15) is 8.42 Å².